The Labute approximate surface area is 341 Å². The fraction of sp³-hybridized carbons (Fsp3) is 0.462. The lowest BCUT2D eigenvalue weighted by Crippen LogP contribution is -2.59. The van der Waals surface area contributed by atoms with Crippen molar-refractivity contribution in [3.8, 4) is 0 Å². The highest BCUT2D eigenvalue weighted by atomic mass is 16.2. The lowest BCUT2D eigenvalue weighted by atomic mass is 10.0. The number of hydrogen-bond donors (Lipinski definition) is 11. The van der Waals surface area contributed by atoms with E-state index in [1.54, 1.807) is 26.2 Å². The lowest BCUT2D eigenvalue weighted by molar-refractivity contribution is -0.134. The first-order valence-corrected chi connectivity index (χ1v) is 19.3. The van der Waals surface area contributed by atoms with Gasteiger partial charge >= 0.3 is 0 Å². The maximum absolute atomic E-state index is 13.7. The highest BCUT2D eigenvalue weighted by Crippen LogP contribution is 2.19. The van der Waals surface area contributed by atoms with E-state index < -0.39 is 90.1 Å². The second-order valence-electron chi connectivity index (χ2n) is 15.2. The average molecular weight is 818 g/mol. The van der Waals surface area contributed by atoms with Crippen LogP contribution in [0.15, 0.2) is 55.5 Å². The normalized spacial score (nSPS) is 14.4. The summed E-state index contributed by atoms with van der Waals surface area (Å²) < 4.78 is 0. The van der Waals surface area contributed by atoms with E-state index >= 15 is 0 Å². The van der Waals surface area contributed by atoms with Gasteiger partial charge in [-0.3, -0.25) is 33.6 Å². The molecule has 7 amide bonds. The molecule has 1 aromatic carbocycles. The molecule has 20 heteroatoms. The first-order valence-electron chi connectivity index (χ1n) is 19.3. The van der Waals surface area contributed by atoms with Crippen LogP contribution < -0.4 is 43.4 Å². The largest absolute Gasteiger partial charge is 0.368 e. The van der Waals surface area contributed by atoms with Crippen LogP contribution in [0.25, 0.3) is 10.9 Å². The molecule has 0 bridgehead atoms. The average Bonchev–Trinajstić information content (AvgIpc) is 3.98. The number of aromatic nitrogens is 5. The predicted molar refractivity (Wildman–Crippen MR) is 216 cm³/mol. The molecule has 3 heterocycles. The van der Waals surface area contributed by atoms with Gasteiger partial charge in [-0.25, -0.2) is 9.97 Å². The fourth-order valence-electron chi connectivity index (χ4n) is 6.27. The first-order chi connectivity index (χ1) is 28.0. The summed E-state index contributed by atoms with van der Waals surface area (Å²) in [4.78, 5) is 109. The molecule has 6 atom stereocenters. The molecule has 6 unspecified atom stereocenters. The summed E-state index contributed by atoms with van der Waals surface area (Å²) in [6.45, 7) is 7.98. The van der Waals surface area contributed by atoms with E-state index in [-0.39, 0.29) is 31.6 Å². The maximum atomic E-state index is 13.7. The highest BCUT2D eigenvalue weighted by Gasteiger charge is 2.32. The van der Waals surface area contributed by atoms with Crippen molar-refractivity contribution < 1.29 is 33.6 Å². The van der Waals surface area contributed by atoms with Crippen molar-refractivity contribution in [3.63, 3.8) is 0 Å². The molecule has 0 aliphatic rings. The summed E-state index contributed by atoms with van der Waals surface area (Å²) in [6.07, 6.45) is 8.13. The summed E-state index contributed by atoms with van der Waals surface area (Å²) in [7, 11) is 0. The number of benzene rings is 1. The van der Waals surface area contributed by atoms with Gasteiger partial charge in [0.1, 0.15) is 30.2 Å². The molecule has 0 fully saturated rings. The molecule has 0 radical (unpaired) electrons. The Morgan fingerprint density at radius 2 is 1.29 bits per heavy atom. The standard InChI is InChI=1S/C39H55N13O7/c1-20(2)10-29(34(41)54)50-38(58)31(13-25-16-43-19-47-25)49-32(53)17-45-39(59)33(21(3)4)52-35(55)22(5)48-37(57)30(11-23-14-44-28-9-7-6-8-26(23)28)51-36(56)27(40)12-24-15-42-18-46-24/h6-9,14-16,18-22,27,29-31,33,44H,10-13,17,40H2,1-5H3,(H2,41,54)(H,42,46)(H,43,47)(H,45,59)(H,48,57)(H,49,53)(H,50,58)(H,51,56)(H,52,55). The molecule has 0 saturated carbocycles. The van der Waals surface area contributed by atoms with E-state index in [1.807, 2.05) is 38.1 Å². The molecule has 4 rings (SSSR count). The molecule has 3 aromatic heterocycles. The smallest absolute Gasteiger partial charge is 0.243 e. The second kappa shape index (κ2) is 21.3. The Morgan fingerprint density at radius 1 is 0.678 bits per heavy atom. The Kier molecular flexibility index (Phi) is 16.3. The van der Waals surface area contributed by atoms with E-state index in [0.29, 0.717) is 11.4 Å². The minimum Gasteiger partial charge on any atom is -0.368 e. The van der Waals surface area contributed by atoms with Crippen LogP contribution in [0, 0.1) is 11.8 Å². The Morgan fingerprint density at radius 3 is 1.90 bits per heavy atom. The van der Waals surface area contributed by atoms with Crippen molar-refractivity contribution in [2.75, 3.05) is 6.54 Å². The molecule has 0 aliphatic heterocycles. The summed E-state index contributed by atoms with van der Waals surface area (Å²) in [5.74, 6) is -5.17. The maximum Gasteiger partial charge on any atom is 0.243 e. The van der Waals surface area contributed by atoms with Crippen molar-refractivity contribution in [1.82, 2.24) is 56.8 Å². The number of nitrogens with zero attached hydrogens (tertiary/aromatic N) is 2. The van der Waals surface area contributed by atoms with E-state index in [9.17, 15) is 33.6 Å². The van der Waals surface area contributed by atoms with Gasteiger partial charge in [0, 0.05) is 60.1 Å². The predicted octanol–water partition coefficient (Wildman–Crippen LogP) is -1.28. The van der Waals surface area contributed by atoms with Gasteiger partial charge in [0.2, 0.25) is 41.4 Å². The van der Waals surface area contributed by atoms with Crippen LogP contribution in [-0.2, 0) is 52.8 Å². The number of aromatic amines is 3. The Bertz CT molecular complexity index is 2050. The van der Waals surface area contributed by atoms with E-state index in [2.05, 4.69) is 56.8 Å². The number of primary amides is 1. The van der Waals surface area contributed by atoms with Gasteiger partial charge in [0.25, 0.3) is 0 Å². The van der Waals surface area contributed by atoms with Crippen LogP contribution in [-0.4, -0.2) is 109 Å². The number of hydrogen-bond acceptors (Lipinski definition) is 10. The quantitative estimate of drug-likeness (QED) is 0.0446. The molecule has 0 aliphatic carbocycles. The third-order valence-corrected chi connectivity index (χ3v) is 9.48. The van der Waals surface area contributed by atoms with Gasteiger partial charge in [0.15, 0.2) is 0 Å². The summed E-state index contributed by atoms with van der Waals surface area (Å²) in [6, 6.07) is 0.907. The third-order valence-electron chi connectivity index (χ3n) is 9.48. The SMILES string of the molecule is CC(C)CC(NC(=O)C(Cc1cnc[nH]1)NC(=O)CNC(=O)C(NC(=O)C(C)NC(=O)C(Cc1c[nH]c2ccccc12)NC(=O)C(N)Cc1cnc[nH]1)C(C)C)C(N)=O. The van der Waals surface area contributed by atoms with Crippen molar-refractivity contribution in [3.05, 3.63) is 72.5 Å². The van der Waals surface area contributed by atoms with Crippen LogP contribution >= 0.6 is 0 Å². The van der Waals surface area contributed by atoms with Crippen LogP contribution in [0.1, 0.15) is 58.0 Å². The van der Waals surface area contributed by atoms with Gasteiger partial charge in [-0.15, -0.1) is 0 Å². The molecule has 59 heavy (non-hydrogen) atoms. The van der Waals surface area contributed by atoms with Crippen molar-refractivity contribution in [1.29, 1.82) is 0 Å². The number of fused-ring (bicyclic) bond motifs is 1. The van der Waals surface area contributed by atoms with Gasteiger partial charge in [0.05, 0.1) is 25.2 Å². The molecule has 0 spiro atoms. The van der Waals surface area contributed by atoms with Gasteiger partial charge in [-0.05, 0) is 36.8 Å². The first kappa shape index (κ1) is 45.1. The highest BCUT2D eigenvalue weighted by molar-refractivity contribution is 5.97. The zero-order valence-corrected chi connectivity index (χ0v) is 33.8. The number of nitrogens with one attached hydrogen (secondary N) is 9. The van der Waals surface area contributed by atoms with Crippen LogP contribution in [0.3, 0.4) is 0 Å². The number of carbonyl (C=O) groups is 7. The lowest BCUT2D eigenvalue weighted by Gasteiger charge is -2.26. The zero-order chi connectivity index (χ0) is 43.2. The monoisotopic (exact) mass is 817 g/mol. The Balaban J connectivity index is 1.38. The molecule has 0 saturated heterocycles. The molecule has 13 N–H and O–H groups in total. The second-order valence-corrected chi connectivity index (χ2v) is 15.2. The van der Waals surface area contributed by atoms with Crippen molar-refractivity contribution in [2.24, 2.45) is 23.3 Å². The van der Waals surface area contributed by atoms with E-state index in [0.717, 1.165) is 16.5 Å². The summed E-state index contributed by atoms with van der Waals surface area (Å²) >= 11 is 0. The zero-order valence-electron chi connectivity index (χ0n) is 33.8. The minimum atomic E-state index is -1.16. The van der Waals surface area contributed by atoms with Gasteiger partial charge in [-0.1, -0.05) is 45.9 Å². The molecular weight excluding hydrogens is 763 g/mol. The van der Waals surface area contributed by atoms with E-state index in [1.165, 1.54) is 25.8 Å². The van der Waals surface area contributed by atoms with Crippen LogP contribution in [0.4, 0.5) is 0 Å². The third kappa shape index (κ3) is 13.5. The fourth-order valence-corrected chi connectivity index (χ4v) is 6.27. The Hall–Kier alpha value is -6.57. The summed E-state index contributed by atoms with van der Waals surface area (Å²) in [5, 5.41) is 16.5. The number of imidazole rings is 2. The number of carbonyl (C=O) groups excluding carboxylic acids is 7. The molecular formula is C39H55N13O7. The number of H-pyrrole nitrogens is 3. The molecule has 4 aromatic rings. The van der Waals surface area contributed by atoms with Gasteiger partial charge < -0.3 is 58.3 Å². The minimum absolute atomic E-state index is 0.00271. The van der Waals surface area contributed by atoms with Crippen LogP contribution in [0.5, 0.6) is 0 Å². The number of nitrogens with two attached hydrogens (primary N) is 2. The number of para-hydroxylation sites is 1. The molecule has 318 valence electrons. The van der Waals surface area contributed by atoms with Crippen molar-refractivity contribution in [2.45, 2.75) is 96.6 Å². The molecule has 20 nitrogen and oxygen atoms in total. The number of rotatable bonds is 22. The summed E-state index contributed by atoms with van der Waals surface area (Å²) in [5.41, 5.74) is 14.4. The number of amides is 7. The van der Waals surface area contributed by atoms with E-state index in [4.69, 9.17) is 11.5 Å². The van der Waals surface area contributed by atoms with Crippen LogP contribution in [0.2, 0.25) is 0 Å². The van der Waals surface area contributed by atoms with Gasteiger partial charge in [-0.2, -0.15) is 0 Å². The van der Waals surface area contributed by atoms with Crippen molar-refractivity contribution >= 4 is 52.3 Å². The topological polar surface area (TPSA) is 317 Å².